The number of fused-ring (bicyclic) bond motifs is 2. The molecule has 1 aliphatic heterocycles. The second kappa shape index (κ2) is 8.06. The molecule has 0 amide bonds. The summed E-state index contributed by atoms with van der Waals surface area (Å²) in [6, 6.07) is -0.110. The zero-order valence-electron chi connectivity index (χ0n) is 22.2. The molecule has 6 rings (SSSR count). The van der Waals surface area contributed by atoms with Gasteiger partial charge < -0.3 is 44.1 Å². The van der Waals surface area contributed by atoms with Crippen LogP contribution in [0.5, 0.6) is 0 Å². The number of hydrogen-bond acceptors (Lipinski definition) is 10. The molecule has 0 aromatic rings. The molecule has 6 aliphatic rings. The molecule has 0 aromatic carbocycles. The van der Waals surface area contributed by atoms with Gasteiger partial charge in [-0.05, 0) is 18.9 Å². The molecule has 0 aromatic heterocycles. The highest BCUT2D eigenvalue weighted by Crippen LogP contribution is 2.80. The van der Waals surface area contributed by atoms with Gasteiger partial charge in [-0.1, -0.05) is 6.92 Å². The van der Waals surface area contributed by atoms with Crippen molar-refractivity contribution in [1.82, 2.24) is 4.90 Å². The third-order valence-corrected chi connectivity index (χ3v) is 12.0. The summed E-state index contributed by atoms with van der Waals surface area (Å²) >= 11 is 0. The Kier molecular flexibility index (Phi) is 5.79. The van der Waals surface area contributed by atoms with Gasteiger partial charge in [0.25, 0.3) is 0 Å². The molecule has 4 N–H and O–H groups in total. The molecule has 1 heterocycles. The van der Waals surface area contributed by atoms with E-state index < -0.39 is 58.5 Å². The van der Waals surface area contributed by atoms with E-state index in [0.29, 0.717) is 26.1 Å². The van der Waals surface area contributed by atoms with Crippen LogP contribution in [-0.4, -0.2) is 134 Å². The van der Waals surface area contributed by atoms with Gasteiger partial charge in [0.05, 0.1) is 31.0 Å². The summed E-state index contributed by atoms with van der Waals surface area (Å²) in [5.74, 6) is -1.36. The average Bonchev–Trinajstić information content (AvgIpc) is 3.21. The lowest BCUT2D eigenvalue weighted by molar-refractivity contribution is -0.326. The van der Waals surface area contributed by atoms with Gasteiger partial charge in [0.1, 0.15) is 23.4 Å². The number of ether oxygens (including phenoxy) is 5. The second-order valence-corrected chi connectivity index (χ2v) is 12.3. The maximum atomic E-state index is 12.0. The van der Waals surface area contributed by atoms with Crippen molar-refractivity contribution >= 4 is 0 Å². The number of hydrogen-bond donors (Lipinski definition) is 4. The Labute approximate surface area is 212 Å². The zero-order chi connectivity index (χ0) is 26.0. The van der Waals surface area contributed by atoms with E-state index in [-0.39, 0.29) is 36.3 Å². The highest BCUT2D eigenvalue weighted by atomic mass is 16.5. The van der Waals surface area contributed by atoms with Gasteiger partial charge in [0, 0.05) is 83.1 Å². The van der Waals surface area contributed by atoms with Crippen LogP contribution in [0.2, 0.25) is 0 Å². The molecule has 10 heteroatoms. The number of piperidine rings is 1. The van der Waals surface area contributed by atoms with E-state index >= 15 is 0 Å². The maximum Gasteiger partial charge on any atom is 0.120 e. The molecule has 15 atom stereocenters. The van der Waals surface area contributed by atoms with Crippen molar-refractivity contribution in [3.63, 3.8) is 0 Å². The van der Waals surface area contributed by atoms with Gasteiger partial charge in [-0.2, -0.15) is 0 Å². The molecule has 1 saturated heterocycles. The largest absolute Gasteiger partial charge is 0.392 e. The van der Waals surface area contributed by atoms with Crippen LogP contribution in [0, 0.1) is 34.5 Å². The minimum atomic E-state index is -1.63. The summed E-state index contributed by atoms with van der Waals surface area (Å²) in [5.41, 5.74) is -4.05. The molecule has 1 unspecified atom stereocenters. The van der Waals surface area contributed by atoms with Crippen LogP contribution in [0.3, 0.4) is 0 Å². The van der Waals surface area contributed by atoms with Crippen molar-refractivity contribution in [3.05, 3.63) is 0 Å². The standard InChI is InChI=1S/C26H43NO9/c1-7-27-10-23(11-32-2)13(28)8-14(33-3)25-12-9-24(31)20(29)15(12)26(36-6,21(30)22(24)35-5)16(19(25)27)17(34-4)18(23)25/h12-22,28-31H,7-11H2,1-6H3/t12-,13-,14+,15-,16+,17+,18-,19?,20-,21+,22+,23+,24-,25+,26-/m1/s1. The van der Waals surface area contributed by atoms with Crippen LogP contribution < -0.4 is 0 Å². The zero-order valence-corrected chi connectivity index (χ0v) is 22.2. The summed E-state index contributed by atoms with van der Waals surface area (Å²) in [4.78, 5) is 2.39. The molecule has 7 bridgehead atoms. The van der Waals surface area contributed by atoms with Crippen LogP contribution >= 0.6 is 0 Å². The van der Waals surface area contributed by atoms with Gasteiger partial charge in [0.15, 0.2) is 0 Å². The van der Waals surface area contributed by atoms with E-state index in [2.05, 4.69) is 11.8 Å². The molecular weight excluding hydrogens is 470 g/mol. The Bertz CT molecular complexity index is 893. The first kappa shape index (κ1) is 25.9. The monoisotopic (exact) mass is 513 g/mol. The fraction of sp³-hybridized carbons (Fsp3) is 1.00. The van der Waals surface area contributed by atoms with Crippen molar-refractivity contribution in [2.24, 2.45) is 34.5 Å². The van der Waals surface area contributed by atoms with Gasteiger partial charge in [-0.25, -0.2) is 0 Å². The Morgan fingerprint density at radius 2 is 1.67 bits per heavy atom. The van der Waals surface area contributed by atoms with E-state index in [1.165, 1.54) is 7.11 Å². The SMILES string of the molecule is CCN1C[C@]2(COC)[C@H](O)C[C@H](OC)[C@]34C1[C@H]([C@H](OC)[C@H]23)[C@]1(OC)[C@H]2[C@@H](O)[C@](O)(C[C@H]24)[C@@H](OC)[C@@H]1O. The van der Waals surface area contributed by atoms with E-state index in [1.807, 2.05) is 0 Å². The van der Waals surface area contributed by atoms with Crippen LogP contribution in [0.15, 0.2) is 0 Å². The van der Waals surface area contributed by atoms with Gasteiger partial charge in [-0.15, -0.1) is 0 Å². The molecule has 0 radical (unpaired) electrons. The molecule has 10 nitrogen and oxygen atoms in total. The van der Waals surface area contributed by atoms with Gasteiger partial charge in [-0.3, -0.25) is 4.90 Å². The molecule has 36 heavy (non-hydrogen) atoms. The first-order valence-corrected chi connectivity index (χ1v) is 13.3. The van der Waals surface area contributed by atoms with E-state index in [1.54, 1.807) is 28.4 Å². The van der Waals surface area contributed by atoms with Gasteiger partial charge >= 0.3 is 0 Å². The number of nitrogens with zero attached hydrogens (tertiary/aromatic N) is 1. The third kappa shape index (κ3) is 2.38. The summed E-state index contributed by atoms with van der Waals surface area (Å²) in [6.07, 6.45) is -4.10. The number of methoxy groups -OCH3 is 5. The predicted molar refractivity (Wildman–Crippen MR) is 126 cm³/mol. The number of likely N-dealkylation sites (tertiary alicyclic amines) is 1. The molecule has 1 spiro atoms. The van der Waals surface area contributed by atoms with Crippen molar-refractivity contribution in [2.45, 2.75) is 73.6 Å². The quantitative estimate of drug-likeness (QED) is 0.332. The summed E-state index contributed by atoms with van der Waals surface area (Å²) in [5, 5.41) is 47.5. The first-order chi connectivity index (χ1) is 17.2. The minimum absolute atomic E-state index is 0.110. The lowest BCUT2D eigenvalue weighted by Gasteiger charge is -2.70. The second-order valence-electron chi connectivity index (χ2n) is 12.3. The van der Waals surface area contributed by atoms with Crippen LogP contribution in [0.25, 0.3) is 0 Å². The van der Waals surface area contributed by atoms with Crippen LogP contribution in [0.1, 0.15) is 19.8 Å². The lowest BCUT2D eigenvalue weighted by Crippen LogP contribution is -2.81. The molecule has 5 aliphatic carbocycles. The lowest BCUT2D eigenvalue weighted by atomic mass is 9.42. The summed E-state index contributed by atoms with van der Waals surface area (Å²) in [6.45, 7) is 3.79. The number of aliphatic hydroxyl groups excluding tert-OH is 3. The highest BCUT2D eigenvalue weighted by Gasteiger charge is 2.90. The van der Waals surface area contributed by atoms with Crippen molar-refractivity contribution < 1.29 is 44.1 Å². The third-order valence-electron chi connectivity index (χ3n) is 12.0. The van der Waals surface area contributed by atoms with Gasteiger partial charge in [0.2, 0.25) is 0 Å². The molecule has 6 fully saturated rings. The smallest absolute Gasteiger partial charge is 0.120 e. The Morgan fingerprint density at radius 1 is 0.944 bits per heavy atom. The minimum Gasteiger partial charge on any atom is -0.392 e. The van der Waals surface area contributed by atoms with Crippen molar-refractivity contribution in [2.75, 3.05) is 55.2 Å². The predicted octanol–water partition coefficient (Wildman–Crippen LogP) is -1.13. The fourth-order valence-corrected chi connectivity index (χ4v) is 11.4. The molecular formula is C26H43NO9. The van der Waals surface area contributed by atoms with Crippen molar-refractivity contribution in [3.8, 4) is 0 Å². The first-order valence-electron chi connectivity index (χ1n) is 13.3. The number of rotatable bonds is 7. The highest BCUT2D eigenvalue weighted by molar-refractivity contribution is 5.40. The summed E-state index contributed by atoms with van der Waals surface area (Å²) < 4.78 is 30.6. The van der Waals surface area contributed by atoms with E-state index in [4.69, 9.17) is 23.7 Å². The Hall–Kier alpha value is -0.400. The average molecular weight is 514 g/mol. The fourth-order valence-electron chi connectivity index (χ4n) is 11.4. The van der Waals surface area contributed by atoms with E-state index in [0.717, 1.165) is 0 Å². The number of aliphatic hydroxyl groups is 4. The van der Waals surface area contributed by atoms with Crippen molar-refractivity contribution in [1.29, 1.82) is 0 Å². The molecule has 5 saturated carbocycles. The topological polar surface area (TPSA) is 130 Å². The van der Waals surface area contributed by atoms with Crippen LogP contribution in [-0.2, 0) is 23.7 Å². The summed E-state index contributed by atoms with van der Waals surface area (Å²) in [7, 11) is 8.09. The maximum absolute atomic E-state index is 12.0. The Morgan fingerprint density at radius 3 is 2.22 bits per heavy atom. The van der Waals surface area contributed by atoms with Crippen LogP contribution in [0.4, 0.5) is 0 Å². The normalized spacial score (nSPS) is 61.0. The van der Waals surface area contributed by atoms with E-state index in [9.17, 15) is 20.4 Å². The Balaban J connectivity index is 1.70. The molecule has 206 valence electrons.